The van der Waals surface area contributed by atoms with Crippen molar-refractivity contribution in [3.63, 3.8) is 0 Å². The van der Waals surface area contributed by atoms with E-state index in [0.29, 0.717) is 12.2 Å². The fourth-order valence-corrected chi connectivity index (χ4v) is 6.42. The average Bonchev–Trinajstić information content (AvgIpc) is 3.44. The summed E-state index contributed by atoms with van der Waals surface area (Å²) in [5.41, 5.74) is 1.88. The molecule has 2 aliphatic heterocycles. The molecular weight excluding hydrogens is 380 g/mol. The monoisotopic (exact) mass is 412 g/mol. The molecule has 0 atom stereocenters. The van der Waals surface area contributed by atoms with Gasteiger partial charge in [-0.2, -0.15) is 4.98 Å². The Bertz CT molecular complexity index is 846. The van der Waals surface area contributed by atoms with E-state index in [9.17, 15) is 4.79 Å². The third-order valence-electron chi connectivity index (χ3n) is 7.12. The molecular formula is C23H32N4OS. The van der Waals surface area contributed by atoms with Crippen LogP contribution in [-0.2, 0) is 11.2 Å². The van der Waals surface area contributed by atoms with E-state index in [1.807, 2.05) is 6.20 Å². The van der Waals surface area contributed by atoms with Gasteiger partial charge in [-0.1, -0.05) is 30.6 Å². The summed E-state index contributed by atoms with van der Waals surface area (Å²) in [6, 6.07) is 2.91. The number of pyridine rings is 1. The minimum atomic E-state index is 0.281. The summed E-state index contributed by atoms with van der Waals surface area (Å²) in [7, 11) is 0. The highest BCUT2D eigenvalue weighted by Gasteiger charge is 2.27. The van der Waals surface area contributed by atoms with Crippen molar-refractivity contribution in [2.45, 2.75) is 70.3 Å². The van der Waals surface area contributed by atoms with Crippen LogP contribution in [0.2, 0.25) is 0 Å². The fraction of sp³-hybridized carbons (Fsp3) is 0.696. The summed E-state index contributed by atoms with van der Waals surface area (Å²) >= 11 is 1.74. The number of thiazole rings is 1. The smallest absolute Gasteiger partial charge is 0.188 e. The SMILES string of the molecule is O=C(Cc1cnc2nc(N3CCC(N4CCCCC4)CC3)sc2c1)C1CCCC1. The third kappa shape index (κ3) is 4.33. The highest BCUT2D eigenvalue weighted by molar-refractivity contribution is 7.22. The van der Waals surface area contributed by atoms with Crippen LogP contribution in [0.5, 0.6) is 0 Å². The van der Waals surface area contributed by atoms with Gasteiger partial charge in [0, 0.05) is 37.7 Å². The van der Waals surface area contributed by atoms with Gasteiger partial charge in [0.25, 0.3) is 0 Å². The second-order valence-corrected chi connectivity index (χ2v) is 10.1. The molecule has 29 heavy (non-hydrogen) atoms. The molecule has 5 rings (SSSR count). The van der Waals surface area contributed by atoms with Crippen molar-refractivity contribution in [2.24, 2.45) is 5.92 Å². The number of rotatable bonds is 5. The van der Waals surface area contributed by atoms with E-state index < -0.39 is 0 Å². The fourth-order valence-electron chi connectivity index (χ4n) is 5.38. The number of ketones is 1. The first-order chi connectivity index (χ1) is 14.3. The summed E-state index contributed by atoms with van der Waals surface area (Å²) < 4.78 is 1.12. The Morgan fingerprint density at radius 3 is 2.52 bits per heavy atom. The Morgan fingerprint density at radius 1 is 1.00 bits per heavy atom. The van der Waals surface area contributed by atoms with Crippen LogP contribution in [0.15, 0.2) is 12.3 Å². The van der Waals surface area contributed by atoms with E-state index in [1.165, 1.54) is 58.0 Å². The average molecular weight is 413 g/mol. The van der Waals surface area contributed by atoms with Crippen molar-refractivity contribution in [1.82, 2.24) is 14.9 Å². The van der Waals surface area contributed by atoms with Crippen LogP contribution < -0.4 is 4.90 Å². The van der Waals surface area contributed by atoms with E-state index in [4.69, 9.17) is 4.98 Å². The highest BCUT2D eigenvalue weighted by Crippen LogP contribution is 2.32. The van der Waals surface area contributed by atoms with Gasteiger partial charge in [-0.25, -0.2) is 4.98 Å². The van der Waals surface area contributed by atoms with E-state index in [1.54, 1.807) is 11.3 Å². The molecule has 2 aromatic rings. The number of carbonyl (C=O) groups excluding carboxylic acids is 1. The number of nitrogens with zero attached hydrogens (tertiary/aromatic N) is 4. The van der Waals surface area contributed by atoms with Gasteiger partial charge in [-0.15, -0.1) is 0 Å². The maximum absolute atomic E-state index is 12.5. The predicted octanol–water partition coefficient (Wildman–Crippen LogP) is 4.45. The lowest BCUT2D eigenvalue weighted by Gasteiger charge is -2.40. The molecule has 1 saturated carbocycles. The van der Waals surface area contributed by atoms with Gasteiger partial charge in [-0.3, -0.25) is 4.79 Å². The molecule has 3 aliphatic rings. The summed E-state index contributed by atoms with van der Waals surface area (Å²) in [5.74, 6) is 0.678. The molecule has 0 bridgehead atoms. The largest absolute Gasteiger partial charge is 0.348 e. The van der Waals surface area contributed by atoms with E-state index in [0.717, 1.165) is 53.0 Å². The number of carbonyl (C=O) groups is 1. The van der Waals surface area contributed by atoms with E-state index in [-0.39, 0.29) is 5.92 Å². The minimum Gasteiger partial charge on any atom is -0.348 e. The van der Waals surface area contributed by atoms with Crippen LogP contribution in [0.4, 0.5) is 5.13 Å². The molecule has 0 unspecified atom stereocenters. The van der Waals surface area contributed by atoms with Gasteiger partial charge >= 0.3 is 0 Å². The van der Waals surface area contributed by atoms with Crippen LogP contribution >= 0.6 is 11.3 Å². The number of aromatic nitrogens is 2. The quantitative estimate of drug-likeness (QED) is 0.726. The normalized spacial score (nSPS) is 22.6. The van der Waals surface area contributed by atoms with Gasteiger partial charge in [0.1, 0.15) is 5.78 Å². The Kier molecular flexibility index (Phi) is 5.82. The summed E-state index contributed by atoms with van der Waals surface area (Å²) in [4.78, 5) is 27.1. The number of anilines is 1. The van der Waals surface area contributed by atoms with Gasteiger partial charge < -0.3 is 9.80 Å². The zero-order valence-electron chi connectivity index (χ0n) is 17.3. The number of piperidine rings is 2. The molecule has 0 N–H and O–H groups in total. The maximum Gasteiger partial charge on any atom is 0.188 e. The lowest BCUT2D eigenvalue weighted by Crippen LogP contribution is -2.46. The minimum absolute atomic E-state index is 0.281. The lowest BCUT2D eigenvalue weighted by molar-refractivity contribution is -0.122. The van der Waals surface area contributed by atoms with E-state index in [2.05, 4.69) is 20.9 Å². The van der Waals surface area contributed by atoms with Gasteiger partial charge in [0.05, 0.1) is 4.70 Å². The van der Waals surface area contributed by atoms with Crippen LogP contribution in [0.25, 0.3) is 10.3 Å². The van der Waals surface area contributed by atoms with Gasteiger partial charge in [-0.05, 0) is 63.2 Å². The zero-order valence-corrected chi connectivity index (χ0v) is 18.1. The van der Waals surface area contributed by atoms with Crippen molar-refractivity contribution in [3.05, 3.63) is 17.8 Å². The van der Waals surface area contributed by atoms with Gasteiger partial charge in [0.2, 0.25) is 0 Å². The van der Waals surface area contributed by atoms with Crippen molar-refractivity contribution in [2.75, 3.05) is 31.1 Å². The molecule has 3 fully saturated rings. The molecule has 2 saturated heterocycles. The van der Waals surface area contributed by atoms with Crippen molar-refractivity contribution in [3.8, 4) is 0 Å². The Morgan fingerprint density at radius 2 is 1.76 bits per heavy atom. The second-order valence-electron chi connectivity index (χ2n) is 9.10. The number of likely N-dealkylation sites (tertiary alicyclic amines) is 1. The summed E-state index contributed by atoms with van der Waals surface area (Å²) in [6.45, 7) is 4.76. The van der Waals surface area contributed by atoms with Crippen LogP contribution in [0.3, 0.4) is 0 Å². The summed E-state index contributed by atoms with van der Waals surface area (Å²) in [5, 5.41) is 1.10. The standard InChI is InChI=1S/C23H32N4OS/c28-20(18-6-2-3-7-18)14-17-15-21-22(24-16-17)25-23(29-21)27-12-8-19(9-13-27)26-10-4-1-5-11-26/h15-16,18-19H,1-14H2. The lowest BCUT2D eigenvalue weighted by atomic mass is 9.97. The third-order valence-corrected chi connectivity index (χ3v) is 8.18. The molecule has 0 radical (unpaired) electrons. The van der Waals surface area contributed by atoms with E-state index >= 15 is 0 Å². The van der Waals surface area contributed by atoms with Crippen LogP contribution in [0, 0.1) is 5.92 Å². The van der Waals surface area contributed by atoms with Crippen molar-refractivity contribution in [1.29, 1.82) is 0 Å². The molecule has 2 aromatic heterocycles. The zero-order chi connectivity index (χ0) is 19.6. The summed E-state index contributed by atoms with van der Waals surface area (Å²) in [6.07, 6.45) is 13.6. The topological polar surface area (TPSA) is 49.3 Å². The van der Waals surface area contributed by atoms with Gasteiger partial charge in [0.15, 0.2) is 10.8 Å². The predicted molar refractivity (Wildman–Crippen MR) is 119 cm³/mol. The van der Waals surface area contributed by atoms with Crippen molar-refractivity contribution >= 4 is 32.6 Å². The molecule has 5 nitrogen and oxygen atoms in total. The Hall–Kier alpha value is -1.53. The molecule has 4 heterocycles. The first kappa shape index (κ1) is 19.4. The first-order valence-electron chi connectivity index (χ1n) is 11.5. The number of hydrogen-bond acceptors (Lipinski definition) is 6. The molecule has 6 heteroatoms. The Balaban J connectivity index is 1.22. The van der Waals surface area contributed by atoms with Crippen LogP contribution in [0.1, 0.15) is 63.4 Å². The Labute approximate surface area is 177 Å². The molecule has 0 spiro atoms. The van der Waals surface area contributed by atoms with Crippen molar-refractivity contribution < 1.29 is 4.79 Å². The number of Topliss-reactive ketones (excluding diaryl/α,β-unsaturated/α-hetero) is 1. The second kappa shape index (κ2) is 8.68. The molecule has 1 aliphatic carbocycles. The van der Waals surface area contributed by atoms with Crippen LogP contribution in [-0.4, -0.2) is 52.9 Å². The molecule has 0 aromatic carbocycles. The molecule has 156 valence electrons. The first-order valence-corrected chi connectivity index (χ1v) is 12.3. The number of hydrogen-bond donors (Lipinski definition) is 0. The molecule has 0 amide bonds. The highest BCUT2D eigenvalue weighted by atomic mass is 32.1. The maximum atomic E-state index is 12.5. The number of fused-ring (bicyclic) bond motifs is 1.